The van der Waals surface area contributed by atoms with Gasteiger partial charge < -0.3 is 10.4 Å². The van der Waals surface area contributed by atoms with E-state index in [4.69, 9.17) is 5.11 Å². The van der Waals surface area contributed by atoms with Crippen LogP contribution < -0.4 is 5.32 Å². The number of likely N-dealkylation sites (N-methyl/N-ethyl adjacent to an activating group) is 1. The van der Waals surface area contributed by atoms with Gasteiger partial charge in [-0.2, -0.15) is 0 Å². The lowest BCUT2D eigenvalue weighted by molar-refractivity contribution is -0.139. The van der Waals surface area contributed by atoms with Crippen LogP contribution in [-0.4, -0.2) is 41.1 Å². The van der Waals surface area contributed by atoms with Gasteiger partial charge in [-0.3, -0.25) is 9.69 Å². The molecule has 110 valence electrons. The fourth-order valence-corrected chi connectivity index (χ4v) is 2.81. The van der Waals surface area contributed by atoms with Gasteiger partial charge in [0.2, 0.25) is 0 Å². The molecule has 0 heterocycles. The summed E-state index contributed by atoms with van der Waals surface area (Å²) in [5.41, 5.74) is 2.60. The molecule has 0 amide bonds. The highest BCUT2D eigenvalue weighted by Crippen LogP contribution is 2.25. The predicted molar refractivity (Wildman–Crippen MR) is 79.7 cm³/mol. The zero-order valence-electron chi connectivity index (χ0n) is 12.3. The van der Waals surface area contributed by atoms with Crippen LogP contribution >= 0.6 is 0 Å². The number of carbonyl (C=O) groups is 1. The Morgan fingerprint density at radius 2 is 2.20 bits per heavy atom. The molecule has 4 nitrogen and oxygen atoms in total. The van der Waals surface area contributed by atoms with E-state index in [9.17, 15) is 4.79 Å². The average molecular weight is 276 g/mol. The number of hydrogen-bond donors (Lipinski definition) is 2. The maximum Gasteiger partial charge on any atom is 0.317 e. The van der Waals surface area contributed by atoms with Crippen LogP contribution in [0.3, 0.4) is 0 Å². The number of carboxylic acid groups (broad SMARTS) is 1. The zero-order valence-corrected chi connectivity index (χ0v) is 12.3. The van der Waals surface area contributed by atoms with Crippen molar-refractivity contribution in [3.63, 3.8) is 0 Å². The van der Waals surface area contributed by atoms with Gasteiger partial charge in [-0.1, -0.05) is 36.8 Å². The first-order valence-electron chi connectivity index (χ1n) is 7.33. The normalized spacial score (nSPS) is 21.8. The summed E-state index contributed by atoms with van der Waals surface area (Å²) in [6.45, 7) is 5.99. The number of nitrogens with zero attached hydrogens (tertiary/aromatic N) is 1. The summed E-state index contributed by atoms with van der Waals surface area (Å²) >= 11 is 0. The Morgan fingerprint density at radius 1 is 1.45 bits per heavy atom. The summed E-state index contributed by atoms with van der Waals surface area (Å²) in [5.74, 6) is -0.733. The fraction of sp³-hybridized carbons (Fsp3) is 0.562. The Balaban J connectivity index is 1.72. The lowest BCUT2D eigenvalue weighted by Crippen LogP contribution is -2.53. The largest absolute Gasteiger partial charge is 0.480 e. The van der Waals surface area contributed by atoms with Gasteiger partial charge >= 0.3 is 5.97 Å². The van der Waals surface area contributed by atoms with E-state index in [0.717, 1.165) is 25.9 Å². The molecule has 1 aliphatic rings. The lowest BCUT2D eigenvalue weighted by Gasteiger charge is -2.42. The van der Waals surface area contributed by atoms with Crippen molar-refractivity contribution in [3.8, 4) is 0 Å². The van der Waals surface area contributed by atoms with E-state index in [1.54, 1.807) is 0 Å². The molecule has 2 rings (SSSR count). The van der Waals surface area contributed by atoms with Gasteiger partial charge in [0.25, 0.3) is 0 Å². The van der Waals surface area contributed by atoms with E-state index in [-0.39, 0.29) is 6.54 Å². The second kappa shape index (κ2) is 6.86. The molecular weight excluding hydrogens is 252 g/mol. The molecular formula is C16H24N2O2. The number of carboxylic acids is 1. The van der Waals surface area contributed by atoms with Crippen LogP contribution in [0.4, 0.5) is 0 Å². The van der Waals surface area contributed by atoms with Crippen molar-refractivity contribution in [2.45, 2.75) is 45.3 Å². The van der Waals surface area contributed by atoms with Crippen LogP contribution in [0.15, 0.2) is 24.3 Å². The first kappa shape index (κ1) is 15.0. The molecule has 0 atom stereocenters. The molecule has 1 aromatic carbocycles. The topological polar surface area (TPSA) is 52.6 Å². The fourth-order valence-electron chi connectivity index (χ4n) is 2.81. The average Bonchev–Trinajstić information content (AvgIpc) is 2.35. The second-order valence-corrected chi connectivity index (χ2v) is 5.65. The molecule has 0 saturated heterocycles. The van der Waals surface area contributed by atoms with Crippen molar-refractivity contribution < 1.29 is 9.90 Å². The Kier molecular flexibility index (Phi) is 5.15. The van der Waals surface area contributed by atoms with Gasteiger partial charge in [-0.15, -0.1) is 0 Å². The molecule has 0 radical (unpaired) electrons. The molecule has 20 heavy (non-hydrogen) atoms. The van der Waals surface area contributed by atoms with E-state index >= 15 is 0 Å². The molecule has 4 heteroatoms. The molecule has 1 aromatic rings. The van der Waals surface area contributed by atoms with Crippen molar-refractivity contribution in [3.05, 3.63) is 35.4 Å². The van der Waals surface area contributed by atoms with E-state index in [0.29, 0.717) is 12.1 Å². The number of benzene rings is 1. The third kappa shape index (κ3) is 4.05. The molecule has 1 fully saturated rings. The van der Waals surface area contributed by atoms with Gasteiger partial charge in [0, 0.05) is 18.6 Å². The van der Waals surface area contributed by atoms with Gasteiger partial charge in [-0.25, -0.2) is 0 Å². The Labute approximate surface area is 120 Å². The number of aliphatic carboxylic acids is 1. The predicted octanol–water partition coefficient (Wildman–Crippen LogP) is 2.02. The van der Waals surface area contributed by atoms with Crippen molar-refractivity contribution in [2.24, 2.45) is 0 Å². The summed E-state index contributed by atoms with van der Waals surface area (Å²) in [4.78, 5) is 12.8. The Bertz CT molecular complexity index is 456. The summed E-state index contributed by atoms with van der Waals surface area (Å²) < 4.78 is 0. The minimum atomic E-state index is -0.733. The third-order valence-electron chi connectivity index (χ3n) is 4.05. The van der Waals surface area contributed by atoms with Crippen LogP contribution in [0.25, 0.3) is 0 Å². The smallest absolute Gasteiger partial charge is 0.317 e. The lowest BCUT2D eigenvalue weighted by atomic mass is 9.85. The molecule has 0 aliphatic heterocycles. The summed E-state index contributed by atoms with van der Waals surface area (Å²) in [6.07, 6.45) is 2.10. The highest BCUT2D eigenvalue weighted by atomic mass is 16.4. The van der Waals surface area contributed by atoms with E-state index in [2.05, 4.69) is 36.5 Å². The van der Waals surface area contributed by atoms with Crippen LogP contribution in [0.5, 0.6) is 0 Å². The Morgan fingerprint density at radius 3 is 2.80 bits per heavy atom. The van der Waals surface area contributed by atoms with Crippen molar-refractivity contribution in [1.29, 1.82) is 0 Å². The molecule has 0 unspecified atom stereocenters. The summed E-state index contributed by atoms with van der Waals surface area (Å²) in [6, 6.07) is 9.47. The van der Waals surface area contributed by atoms with Gasteiger partial charge in [-0.05, 0) is 31.9 Å². The number of aryl methyl sites for hydroxylation is 1. The summed E-state index contributed by atoms with van der Waals surface area (Å²) in [7, 11) is 0. The monoisotopic (exact) mass is 276 g/mol. The molecule has 1 aliphatic carbocycles. The highest BCUT2D eigenvalue weighted by molar-refractivity contribution is 5.69. The SMILES string of the molecule is CCN(CC(=O)O)C1CC(NCc2cccc(C)c2)C1. The van der Waals surface area contributed by atoms with Crippen molar-refractivity contribution in [2.75, 3.05) is 13.1 Å². The Hall–Kier alpha value is -1.39. The molecule has 0 spiro atoms. The minimum absolute atomic E-state index is 0.158. The number of hydrogen-bond acceptors (Lipinski definition) is 3. The van der Waals surface area contributed by atoms with E-state index in [1.165, 1.54) is 11.1 Å². The zero-order chi connectivity index (χ0) is 14.5. The van der Waals surface area contributed by atoms with Gasteiger partial charge in [0.05, 0.1) is 6.54 Å². The van der Waals surface area contributed by atoms with Gasteiger partial charge in [0.1, 0.15) is 0 Å². The maximum absolute atomic E-state index is 10.8. The van der Waals surface area contributed by atoms with E-state index < -0.39 is 5.97 Å². The summed E-state index contributed by atoms with van der Waals surface area (Å²) in [5, 5.41) is 12.4. The van der Waals surface area contributed by atoms with Crippen LogP contribution in [0.1, 0.15) is 30.9 Å². The van der Waals surface area contributed by atoms with Gasteiger partial charge in [0.15, 0.2) is 0 Å². The number of rotatable bonds is 7. The molecule has 0 bridgehead atoms. The number of nitrogens with one attached hydrogen (secondary N) is 1. The maximum atomic E-state index is 10.8. The van der Waals surface area contributed by atoms with E-state index in [1.807, 2.05) is 11.8 Å². The molecule has 0 aromatic heterocycles. The van der Waals surface area contributed by atoms with Crippen LogP contribution in [-0.2, 0) is 11.3 Å². The first-order valence-corrected chi connectivity index (χ1v) is 7.33. The highest BCUT2D eigenvalue weighted by Gasteiger charge is 2.33. The quantitative estimate of drug-likeness (QED) is 0.800. The minimum Gasteiger partial charge on any atom is -0.480 e. The van der Waals surface area contributed by atoms with Crippen LogP contribution in [0.2, 0.25) is 0 Å². The standard InChI is InChI=1S/C16H24N2O2/c1-3-18(11-16(19)20)15-8-14(9-15)17-10-13-6-4-5-12(2)7-13/h4-7,14-15,17H,3,8-11H2,1-2H3,(H,19,20). The van der Waals surface area contributed by atoms with Crippen molar-refractivity contribution in [1.82, 2.24) is 10.2 Å². The third-order valence-corrected chi connectivity index (χ3v) is 4.05. The van der Waals surface area contributed by atoms with Crippen LogP contribution in [0, 0.1) is 6.92 Å². The second-order valence-electron chi connectivity index (χ2n) is 5.65. The molecule has 1 saturated carbocycles. The van der Waals surface area contributed by atoms with Crippen molar-refractivity contribution >= 4 is 5.97 Å². The molecule has 2 N–H and O–H groups in total. The first-order chi connectivity index (χ1) is 9.58.